The fourth-order valence-electron chi connectivity index (χ4n) is 2.75. The summed E-state index contributed by atoms with van der Waals surface area (Å²) in [5, 5.41) is 2.67. The highest BCUT2D eigenvalue weighted by Crippen LogP contribution is 2.25. The van der Waals surface area contributed by atoms with Gasteiger partial charge in [-0.1, -0.05) is 30.3 Å². The average Bonchev–Trinajstić information content (AvgIpc) is 2.82. The maximum Gasteiger partial charge on any atom is 0.342 e. The zero-order chi connectivity index (χ0) is 22.1. The molecule has 0 bridgehead atoms. The molecule has 0 aromatic heterocycles. The molecule has 7 nitrogen and oxygen atoms in total. The number of nitrogens with one attached hydrogen (secondary N) is 1. The number of amides is 1. The van der Waals surface area contributed by atoms with Gasteiger partial charge in [-0.3, -0.25) is 4.79 Å². The van der Waals surface area contributed by atoms with Crippen LogP contribution in [0.1, 0.15) is 15.9 Å². The molecular weight excluding hydrogens is 398 g/mol. The lowest BCUT2D eigenvalue weighted by Gasteiger charge is -2.11. The summed E-state index contributed by atoms with van der Waals surface area (Å²) in [5.74, 6) is 0.399. The van der Waals surface area contributed by atoms with Gasteiger partial charge in [0.15, 0.2) is 6.61 Å². The number of carbonyl (C=O) groups excluding carboxylic acids is 2. The first kappa shape index (κ1) is 21.7. The first-order valence-electron chi connectivity index (χ1n) is 9.55. The lowest BCUT2D eigenvalue weighted by molar-refractivity contribution is -0.119. The number of carbonyl (C=O) groups is 2. The summed E-state index contributed by atoms with van der Waals surface area (Å²) in [6.07, 6.45) is 0. The van der Waals surface area contributed by atoms with Gasteiger partial charge in [0.05, 0.1) is 14.2 Å². The summed E-state index contributed by atoms with van der Waals surface area (Å²) < 4.78 is 21.1. The summed E-state index contributed by atoms with van der Waals surface area (Å²) in [6.45, 7) is 0.0254. The zero-order valence-electron chi connectivity index (χ0n) is 17.3. The molecule has 31 heavy (non-hydrogen) atoms. The standard InChI is InChI=1S/C24H23NO6/c1-28-20-12-13-21(22(14-20)29-2)24(27)31-16-23(26)25-18-8-10-19(11-9-18)30-15-17-6-4-3-5-7-17/h3-14H,15-16H2,1-2H3,(H,25,26). The molecule has 160 valence electrons. The van der Waals surface area contributed by atoms with Crippen molar-refractivity contribution in [2.24, 2.45) is 0 Å². The van der Waals surface area contributed by atoms with Crippen molar-refractivity contribution in [2.45, 2.75) is 6.61 Å². The smallest absolute Gasteiger partial charge is 0.342 e. The van der Waals surface area contributed by atoms with Gasteiger partial charge < -0.3 is 24.3 Å². The molecule has 7 heteroatoms. The number of hydrogen-bond donors (Lipinski definition) is 1. The highest BCUT2D eigenvalue weighted by Gasteiger charge is 2.16. The summed E-state index contributed by atoms with van der Waals surface area (Å²) in [4.78, 5) is 24.4. The van der Waals surface area contributed by atoms with Gasteiger partial charge in [-0.25, -0.2) is 4.79 Å². The molecular formula is C24H23NO6. The predicted molar refractivity (Wildman–Crippen MR) is 116 cm³/mol. The number of esters is 1. The van der Waals surface area contributed by atoms with Crippen LogP contribution in [-0.2, 0) is 16.1 Å². The van der Waals surface area contributed by atoms with E-state index in [4.69, 9.17) is 18.9 Å². The molecule has 0 saturated heterocycles. The third-order valence-corrected chi connectivity index (χ3v) is 4.35. The number of ether oxygens (including phenoxy) is 4. The second-order valence-corrected chi connectivity index (χ2v) is 6.49. The van der Waals surface area contributed by atoms with Crippen molar-refractivity contribution in [1.82, 2.24) is 0 Å². The van der Waals surface area contributed by atoms with Crippen LogP contribution in [0.5, 0.6) is 17.2 Å². The minimum Gasteiger partial charge on any atom is -0.497 e. The van der Waals surface area contributed by atoms with Crippen molar-refractivity contribution in [3.05, 3.63) is 83.9 Å². The van der Waals surface area contributed by atoms with Crippen LogP contribution in [0.2, 0.25) is 0 Å². The Labute approximate surface area is 180 Å². The van der Waals surface area contributed by atoms with Crippen LogP contribution in [0, 0.1) is 0 Å². The van der Waals surface area contributed by atoms with Crippen LogP contribution < -0.4 is 19.5 Å². The van der Waals surface area contributed by atoms with Gasteiger partial charge in [0.2, 0.25) is 0 Å². The Balaban J connectivity index is 1.49. The summed E-state index contributed by atoms with van der Waals surface area (Å²) >= 11 is 0. The van der Waals surface area contributed by atoms with Gasteiger partial charge >= 0.3 is 5.97 Å². The molecule has 0 fully saturated rings. The van der Waals surface area contributed by atoms with Gasteiger partial charge in [-0.15, -0.1) is 0 Å². The average molecular weight is 421 g/mol. The van der Waals surface area contributed by atoms with E-state index in [9.17, 15) is 9.59 Å². The molecule has 1 amide bonds. The number of anilines is 1. The van der Waals surface area contributed by atoms with Gasteiger partial charge in [0.1, 0.15) is 29.4 Å². The normalized spacial score (nSPS) is 10.1. The van der Waals surface area contributed by atoms with Crippen LogP contribution in [-0.4, -0.2) is 32.7 Å². The lowest BCUT2D eigenvalue weighted by Crippen LogP contribution is -2.21. The topological polar surface area (TPSA) is 83.1 Å². The van der Waals surface area contributed by atoms with Crippen molar-refractivity contribution >= 4 is 17.6 Å². The molecule has 0 spiro atoms. The second kappa shape index (κ2) is 10.7. The third kappa shape index (κ3) is 6.24. The van der Waals surface area contributed by atoms with E-state index in [1.54, 1.807) is 36.4 Å². The number of hydrogen-bond acceptors (Lipinski definition) is 6. The molecule has 3 aromatic carbocycles. The molecule has 0 heterocycles. The Kier molecular flexibility index (Phi) is 7.48. The molecule has 0 radical (unpaired) electrons. The highest BCUT2D eigenvalue weighted by atomic mass is 16.5. The van der Waals surface area contributed by atoms with E-state index in [0.717, 1.165) is 5.56 Å². The van der Waals surface area contributed by atoms with E-state index >= 15 is 0 Å². The van der Waals surface area contributed by atoms with Crippen molar-refractivity contribution < 1.29 is 28.5 Å². The fraction of sp³-hybridized carbons (Fsp3) is 0.167. The maximum absolute atomic E-state index is 12.3. The molecule has 0 aliphatic rings. The van der Waals surface area contributed by atoms with Crippen LogP contribution in [0.3, 0.4) is 0 Å². The van der Waals surface area contributed by atoms with E-state index < -0.39 is 18.5 Å². The lowest BCUT2D eigenvalue weighted by atomic mass is 10.2. The van der Waals surface area contributed by atoms with Crippen LogP contribution in [0.4, 0.5) is 5.69 Å². The Morgan fingerprint density at radius 1 is 0.839 bits per heavy atom. The SMILES string of the molecule is COc1ccc(C(=O)OCC(=O)Nc2ccc(OCc3ccccc3)cc2)c(OC)c1. The largest absolute Gasteiger partial charge is 0.497 e. The molecule has 3 aromatic rings. The molecule has 0 aliphatic carbocycles. The van der Waals surface area contributed by atoms with Crippen LogP contribution >= 0.6 is 0 Å². The van der Waals surface area contributed by atoms with Gasteiger partial charge in [0.25, 0.3) is 5.91 Å². The first-order chi connectivity index (χ1) is 15.1. The van der Waals surface area contributed by atoms with E-state index in [-0.39, 0.29) is 5.56 Å². The summed E-state index contributed by atoms with van der Waals surface area (Å²) in [5.41, 5.74) is 1.83. The molecule has 0 atom stereocenters. The summed E-state index contributed by atoms with van der Waals surface area (Å²) in [7, 11) is 2.95. The Morgan fingerprint density at radius 3 is 2.23 bits per heavy atom. The van der Waals surface area contributed by atoms with Crippen molar-refractivity contribution in [2.75, 3.05) is 26.1 Å². The Hall–Kier alpha value is -4.00. The predicted octanol–water partition coefficient (Wildman–Crippen LogP) is 4.08. The minimum atomic E-state index is -0.667. The highest BCUT2D eigenvalue weighted by molar-refractivity contribution is 5.97. The minimum absolute atomic E-state index is 0.205. The number of rotatable bonds is 9. The van der Waals surface area contributed by atoms with E-state index in [0.29, 0.717) is 29.5 Å². The molecule has 0 saturated carbocycles. The molecule has 1 N–H and O–H groups in total. The van der Waals surface area contributed by atoms with Crippen LogP contribution in [0.25, 0.3) is 0 Å². The monoisotopic (exact) mass is 421 g/mol. The van der Waals surface area contributed by atoms with Crippen molar-refractivity contribution in [3.63, 3.8) is 0 Å². The fourth-order valence-corrected chi connectivity index (χ4v) is 2.75. The molecule has 0 unspecified atom stereocenters. The van der Waals surface area contributed by atoms with E-state index in [1.807, 2.05) is 30.3 Å². The quantitative estimate of drug-likeness (QED) is 0.524. The van der Waals surface area contributed by atoms with Gasteiger partial charge in [-0.05, 0) is 42.0 Å². The Morgan fingerprint density at radius 2 is 1.55 bits per heavy atom. The van der Waals surface area contributed by atoms with Gasteiger partial charge in [-0.2, -0.15) is 0 Å². The van der Waals surface area contributed by atoms with Gasteiger partial charge in [0, 0.05) is 11.8 Å². The van der Waals surface area contributed by atoms with E-state index in [2.05, 4.69) is 5.32 Å². The number of benzene rings is 3. The van der Waals surface area contributed by atoms with Crippen LogP contribution in [0.15, 0.2) is 72.8 Å². The molecule has 0 aliphatic heterocycles. The van der Waals surface area contributed by atoms with Crippen molar-refractivity contribution in [3.8, 4) is 17.2 Å². The summed E-state index contributed by atoms with van der Waals surface area (Å²) in [6, 6.07) is 21.5. The Bertz CT molecular complexity index is 1020. The number of methoxy groups -OCH3 is 2. The zero-order valence-corrected chi connectivity index (χ0v) is 17.3. The van der Waals surface area contributed by atoms with E-state index in [1.165, 1.54) is 20.3 Å². The first-order valence-corrected chi connectivity index (χ1v) is 9.55. The van der Waals surface area contributed by atoms with Crippen molar-refractivity contribution in [1.29, 1.82) is 0 Å². The molecule has 3 rings (SSSR count). The third-order valence-electron chi connectivity index (χ3n) is 4.35. The second-order valence-electron chi connectivity index (χ2n) is 6.49. The maximum atomic E-state index is 12.3.